The zero-order chi connectivity index (χ0) is 19.1. The molecule has 1 atom stereocenters. The molecule has 0 fully saturated rings. The minimum absolute atomic E-state index is 0.156. The smallest absolute Gasteiger partial charge is 0.258 e. The van der Waals surface area contributed by atoms with Crippen molar-refractivity contribution in [2.75, 3.05) is 13.7 Å². The van der Waals surface area contributed by atoms with E-state index >= 15 is 0 Å². The number of benzene rings is 2. The van der Waals surface area contributed by atoms with Crippen LogP contribution in [0.15, 0.2) is 66.0 Å². The summed E-state index contributed by atoms with van der Waals surface area (Å²) in [6.07, 6.45) is 0. The van der Waals surface area contributed by atoms with E-state index in [0.717, 1.165) is 10.4 Å². The second-order valence-electron chi connectivity index (χ2n) is 5.69. The number of rotatable bonds is 7. The summed E-state index contributed by atoms with van der Waals surface area (Å²) in [7, 11) is 1.49. The van der Waals surface area contributed by atoms with Gasteiger partial charge in [0, 0.05) is 10.9 Å². The standard InChI is InChI=1S/C21H18N2O3S/c1-25-18-12-15(13-22)9-10-17(18)26-14-20(24)23-21(19-8-5-11-27-19)16-6-3-2-4-7-16/h2-12,21H,14H2,1H3,(H,23,24)/t21-/m0/s1. The third-order valence-corrected chi connectivity index (χ3v) is 4.85. The number of carbonyl (C=O) groups is 1. The van der Waals surface area contributed by atoms with Crippen LogP contribution in [0.5, 0.6) is 11.5 Å². The first-order chi connectivity index (χ1) is 13.2. The Balaban J connectivity index is 1.70. The van der Waals surface area contributed by atoms with E-state index in [1.54, 1.807) is 29.5 Å². The summed E-state index contributed by atoms with van der Waals surface area (Å²) < 4.78 is 10.8. The number of amides is 1. The Morgan fingerprint density at radius 1 is 1.15 bits per heavy atom. The van der Waals surface area contributed by atoms with Crippen LogP contribution in [0.1, 0.15) is 22.0 Å². The van der Waals surface area contributed by atoms with Crippen molar-refractivity contribution in [2.45, 2.75) is 6.04 Å². The fraction of sp³-hybridized carbons (Fsp3) is 0.143. The van der Waals surface area contributed by atoms with Crippen LogP contribution in [0.4, 0.5) is 0 Å². The highest BCUT2D eigenvalue weighted by Gasteiger charge is 2.18. The van der Waals surface area contributed by atoms with Crippen LogP contribution in [0.2, 0.25) is 0 Å². The van der Waals surface area contributed by atoms with Crippen molar-refractivity contribution in [2.24, 2.45) is 0 Å². The summed E-state index contributed by atoms with van der Waals surface area (Å²) in [5.41, 5.74) is 1.47. The number of ether oxygens (including phenoxy) is 2. The van der Waals surface area contributed by atoms with E-state index in [1.807, 2.05) is 53.9 Å². The molecule has 0 unspecified atom stereocenters. The summed E-state index contributed by atoms with van der Waals surface area (Å²) in [5, 5.41) is 14.0. The average molecular weight is 378 g/mol. The Hall–Kier alpha value is -3.30. The first-order valence-corrected chi connectivity index (χ1v) is 9.18. The average Bonchev–Trinajstić information content (AvgIpc) is 3.25. The first-order valence-electron chi connectivity index (χ1n) is 8.30. The molecule has 27 heavy (non-hydrogen) atoms. The Kier molecular flexibility index (Phi) is 6.08. The lowest BCUT2D eigenvalue weighted by molar-refractivity contribution is -0.123. The predicted molar refractivity (Wildman–Crippen MR) is 104 cm³/mol. The van der Waals surface area contributed by atoms with Gasteiger partial charge in [0.25, 0.3) is 5.91 Å². The van der Waals surface area contributed by atoms with Gasteiger partial charge in [-0.25, -0.2) is 0 Å². The van der Waals surface area contributed by atoms with Crippen LogP contribution < -0.4 is 14.8 Å². The van der Waals surface area contributed by atoms with Crippen LogP contribution in [-0.4, -0.2) is 19.6 Å². The number of nitriles is 1. The van der Waals surface area contributed by atoms with E-state index in [1.165, 1.54) is 7.11 Å². The molecule has 0 spiro atoms. The molecule has 6 heteroatoms. The van der Waals surface area contributed by atoms with E-state index in [2.05, 4.69) is 5.32 Å². The number of hydrogen-bond acceptors (Lipinski definition) is 5. The molecule has 1 N–H and O–H groups in total. The third-order valence-electron chi connectivity index (χ3n) is 3.92. The maximum absolute atomic E-state index is 12.5. The monoisotopic (exact) mass is 378 g/mol. The van der Waals surface area contributed by atoms with Crippen molar-refractivity contribution in [3.8, 4) is 17.6 Å². The second-order valence-corrected chi connectivity index (χ2v) is 6.67. The van der Waals surface area contributed by atoms with Gasteiger partial charge in [-0.15, -0.1) is 11.3 Å². The minimum Gasteiger partial charge on any atom is -0.493 e. The molecule has 0 radical (unpaired) electrons. The zero-order valence-corrected chi connectivity index (χ0v) is 15.5. The molecular weight excluding hydrogens is 360 g/mol. The van der Waals surface area contributed by atoms with Crippen LogP contribution in [0, 0.1) is 11.3 Å². The molecule has 0 aliphatic carbocycles. The first kappa shape index (κ1) is 18.5. The lowest BCUT2D eigenvalue weighted by Gasteiger charge is -2.18. The molecule has 1 amide bonds. The number of nitrogens with zero attached hydrogens (tertiary/aromatic N) is 1. The molecule has 0 bridgehead atoms. The van der Waals surface area contributed by atoms with Gasteiger partial charge >= 0.3 is 0 Å². The van der Waals surface area contributed by atoms with Gasteiger partial charge in [0.2, 0.25) is 0 Å². The van der Waals surface area contributed by atoms with Crippen molar-refractivity contribution < 1.29 is 14.3 Å². The number of thiophene rings is 1. The Bertz CT molecular complexity index is 934. The molecule has 0 aliphatic heterocycles. The van der Waals surface area contributed by atoms with Gasteiger partial charge in [0.15, 0.2) is 18.1 Å². The van der Waals surface area contributed by atoms with Crippen LogP contribution in [0.25, 0.3) is 0 Å². The maximum atomic E-state index is 12.5. The van der Waals surface area contributed by atoms with Crippen molar-refractivity contribution in [1.29, 1.82) is 5.26 Å². The molecule has 0 aliphatic rings. The van der Waals surface area contributed by atoms with Crippen LogP contribution in [0.3, 0.4) is 0 Å². The van der Waals surface area contributed by atoms with Gasteiger partial charge < -0.3 is 14.8 Å². The molecule has 136 valence electrons. The number of carbonyl (C=O) groups excluding carboxylic acids is 1. The van der Waals surface area contributed by atoms with Crippen molar-refractivity contribution in [3.63, 3.8) is 0 Å². The molecule has 1 aromatic heterocycles. The second kappa shape index (κ2) is 8.88. The summed E-state index contributed by atoms with van der Waals surface area (Å²) in [6, 6.07) is 20.4. The Morgan fingerprint density at radius 2 is 1.96 bits per heavy atom. The normalized spacial score (nSPS) is 11.3. The van der Waals surface area contributed by atoms with Crippen LogP contribution in [-0.2, 0) is 4.79 Å². The fourth-order valence-electron chi connectivity index (χ4n) is 2.62. The highest BCUT2D eigenvalue weighted by molar-refractivity contribution is 7.10. The van der Waals surface area contributed by atoms with E-state index in [0.29, 0.717) is 17.1 Å². The van der Waals surface area contributed by atoms with Gasteiger partial charge in [0.05, 0.1) is 24.8 Å². The summed E-state index contributed by atoms with van der Waals surface area (Å²) >= 11 is 1.59. The van der Waals surface area contributed by atoms with Gasteiger partial charge in [-0.05, 0) is 29.1 Å². The van der Waals surface area contributed by atoms with Gasteiger partial charge in [0.1, 0.15) is 0 Å². The predicted octanol–water partition coefficient (Wildman–Crippen LogP) is 3.91. The van der Waals surface area contributed by atoms with Crippen molar-refractivity contribution in [1.82, 2.24) is 5.32 Å². The minimum atomic E-state index is -0.247. The zero-order valence-electron chi connectivity index (χ0n) is 14.7. The summed E-state index contributed by atoms with van der Waals surface area (Å²) in [4.78, 5) is 13.5. The van der Waals surface area contributed by atoms with Gasteiger partial charge in [-0.2, -0.15) is 5.26 Å². The number of methoxy groups -OCH3 is 1. The van der Waals surface area contributed by atoms with Crippen molar-refractivity contribution in [3.05, 3.63) is 82.0 Å². The third kappa shape index (κ3) is 4.66. The molecule has 0 saturated heterocycles. The summed E-state index contributed by atoms with van der Waals surface area (Å²) in [6.45, 7) is -0.156. The number of nitrogens with one attached hydrogen (secondary N) is 1. The highest BCUT2D eigenvalue weighted by atomic mass is 32.1. The molecule has 5 nitrogen and oxygen atoms in total. The molecule has 0 saturated carbocycles. The SMILES string of the molecule is COc1cc(C#N)ccc1OCC(=O)N[C@@H](c1ccccc1)c1cccs1. The molecule has 2 aromatic carbocycles. The molecule has 1 heterocycles. The van der Waals surface area contributed by atoms with E-state index in [9.17, 15) is 4.79 Å². The summed E-state index contributed by atoms with van der Waals surface area (Å²) in [5.74, 6) is 0.586. The van der Waals surface area contributed by atoms with Gasteiger partial charge in [-0.3, -0.25) is 4.79 Å². The van der Waals surface area contributed by atoms with E-state index in [-0.39, 0.29) is 18.6 Å². The Morgan fingerprint density at radius 3 is 2.63 bits per heavy atom. The molecular formula is C21H18N2O3S. The van der Waals surface area contributed by atoms with Crippen molar-refractivity contribution >= 4 is 17.2 Å². The molecule has 3 rings (SSSR count). The largest absolute Gasteiger partial charge is 0.493 e. The highest BCUT2D eigenvalue weighted by Crippen LogP contribution is 2.28. The number of hydrogen-bond donors (Lipinski definition) is 1. The Labute approximate surface area is 161 Å². The lowest BCUT2D eigenvalue weighted by atomic mass is 10.1. The van der Waals surface area contributed by atoms with Crippen LogP contribution >= 0.6 is 11.3 Å². The maximum Gasteiger partial charge on any atom is 0.258 e. The topological polar surface area (TPSA) is 71.3 Å². The fourth-order valence-corrected chi connectivity index (χ4v) is 3.42. The van der Waals surface area contributed by atoms with Gasteiger partial charge in [-0.1, -0.05) is 36.4 Å². The van der Waals surface area contributed by atoms with E-state index < -0.39 is 0 Å². The quantitative estimate of drug-likeness (QED) is 0.677. The molecule has 3 aromatic rings. The van der Waals surface area contributed by atoms with E-state index in [4.69, 9.17) is 14.7 Å². The lowest BCUT2D eigenvalue weighted by Crippen LogP contribution is -2.32.